The Bertz CT molecular complexity index is 508. The molecule has 0 aliphatic carbocycles. The fourth-order valence-electron chi connectivity index (χ4n) is 2.99. The second kappa shape index (κ2) is 7.20. The first kappa shape index (κ1) is 16.2. The number of hydrogen-bond donors (Lipinski definition) is 1. The third-order valence-electron chi connectivity index (χ3n) is 3.98. The topological polar surface area (TPSA) is 66.6 Å². The van der Waals surface area contributed by atoms with E-state index in [2.05, 4.69) is 4.90 Å². The van der Waals surface area contributed by atoms with Gasteiger partial charge < -0.3 is 5.11 Å². The van der Waals surface area contributed by atoms with Gasteiger partial charge in [0.15, 0.2) is 0 Å². The van der Waals surface area contributed by atoms with Crippen molar-refractivity contribution in [3.05, 3.63) is 38.9 Å². The minimum absolute atomic E-state index is 0.0730. The monoisotopic (exact) mass is 312 g/mol. The molecule has 1 aliphatic rings. The fourth-order valence-corrected chi connectivity index (χ4v) is 3.15. The van der Waals surface area contributed by atoms with Crippen molar-refractivity contribution in [3.8, 4) is 0 Å². The molecule has 1 aliphatic heterocycles. The number of benzene rings is 1. The average Bonchev–Trinajstić information content (AvgIpc) is 2.42. The molecule has 1 N–H and O–H groups in total. The van der Waals surface area contributed by atoms with Gasteiger partial charge in [0.25, 0.3) is 5.69 Å². The summed E-state index contributed by atoms with van der Waals surface area (Å²) in [7, 11) is 0. The van der Waals surface area contributed by atoms with Crippen LogP contribution in [0.1, 0.15) is 38.2 Å². The molecule has 6 heteroatoms. The van der Waals surface area contributed by atoms with Crippen LogP contribution in [0.25, 0.3) is 0 Å². The standard InChI is InChI=1S/C15H21ClN2O3/c1-11(19)8-14-4-2-3-7-17(14)10-12-5-6-13(16)9-15(12)18(20)21/h5-6,9,11,14,19H,2-4,7-8,10H2,1H3. The maximum Gasteiger partial charge on any atom is 0.275 e. The van der Waals surface area contributed by atoms with E-state index in [4.69, 9.17) is 11.6 Å². The molecule has 1 fully saturated rings. The number of rotatable bonds is 5. The van der Waals surface area contributed by atoms with Gasteiger partial charge in [0.05, 0.1) is 11.0 Å². The predicted octanol–water partition coefficient (Wildman–Crippen LogP) is 3.37. The van der Waals surface area contributed by atoms with E-state index in [0.29, 0.717) is 23.6 Å². The van der Waals surface area contributed by atoms with Crippen LogP contribution in [0.5, 0.6) is 0 Å². The van der Waals surface area contributed by atoms with Crippen LogP contribution in [-0.2, 0) is 6.54 Å². The third kappa shape index (κ3) is 4.40. The number of nitro groups is 1. The van der Waals surface area contributed by atoms with Crippen molar-refractivity contribution in [2.45, 2.75) is 51.3 Å². The summed E-state index contributed by atoms with van der Waals surface area (Å²) in [5.41, 5.74) is 0.755. The van der Waals surface area contributed by atoms with Gasteiger partial charge in [-0.1, -0.05) is 18.0 Å². The summed E-state index contributed by atoms with van der Waals surface area (Å²) in [6.07, 6.45) is 3.64. The zero-order valence-electron chi connectivity index (χ0n) is 12.2. The van der Waals surface area contributed by atoms with Crippen LogP contribution < -0.4 is 0 Å². The van der Waals surface area contributed by atoms with Gasteiger partial charge in [-0.3, -0.25) is 15.0 Å². The first-order chi connectivity index (χ1) is 9.97. The lowest BCUT2D eigenvalue weighted by atomic mass is 9.96. The van der Waals surface area contributed by atoms with Gasteiger partial charge in [0.1, 0.15) is 0 Å². The van der Waals surface area contributed by atoms with Gasteiger partial charge in [0.2, 0.25) is 0 Å². The van der Waals surface area contributed by atoms with Crippen molar-refractivity contribution in [2.24, 2.45) is 0 Å². The Morgan fingerprint density at radius 2 is 2.29 bits per heavy atom. The Morgan fingerprint density at radius 3 is 2.95 bits per heavy atom. The van der Waals surface area contributed by atoms with Crippen LogP contribution in [0.2, 0.25) is 5.02 Å². The van der Waals surface area contributed by atoms with Crippen LogP contribution in [0.4, 0.5) is 5.69 Å². The lowest BCUT2D eigenvalue weighted by Crippen LogP contribution is -2.40. The summed E-state index contributed by atoms with van der Waals surface area (Å²) in [6, 6.07) is 5.12. The fraction of sp³-hybridized carbons (Fsp3) is 0.600. The number of aliphatic hydroxyl groups is 1. The van der Waals surface area contributed by atoms with E-state index in [-0.39, 0.29) is 22.8 Å². The normalized spacial score (nSPS) is 21.2. The van der Waals surface area contributed by atoms with Crippen molar-refractivity contribution in [1.29, 1.82) is 0 Å². The molecule has 0 amide bonds. The quantitative estimate of drug-likeness (QED) is 0.668. The number of hydrogen-bond acceptors (Lipinski definition) is 4. The van der Waals surface area contributed by atoms with E-state index in [1.807, 2.05) is 0 Å². The van der Waals surface area contributed by atoms with Gasteiger partial charge in [-0.2, -0.15) is 0 Å². The minimum Gasteiger partial charge on any atom is -0.393 e. The average molecular weight is 313 g/mol. The molecule has 0 aromatic heterocycles. The largest absolute Gasteiger partial charge is 0.393 e. The molecule has 1 saturated heterocycles. The van der Waals surface area contributed by atoms with Crippen LogP contribution in [-0.4, -0.2) is 33.6 Å². The second-order valence-corrected chi connectivity index (χ2v) is 6.17. The minimum atomic E-state index is -0.380. The summed E-state index contributed by atoms with van der Waals surface area (Å²) >= 11 is 5.85. The Kier molecular flexibility index (Phi) is 5.56. The van der Waals surface area contributed by atoms with Crippen molar-refractivity contribution in [1.82, 2.24) is 4.90 Å². The summed E-state index contributed by atoms with van der Waals surface area (Å²) < 4.78 is 0. The molecule has 21 heavy (non-hydrogen) atoms. The van der Waals surface area contributed by atoms with Crippen LogP contribution in [0, 0.1) is 10.1 Å². The van der Waals surface area contributed by atoms with Crippen molar-refractivity contribution < 1.29 is 10.0 Å². The molecule has 5 nitrogen and oxygen atoms in total. The molecule has 1 aromatic rings. The van der Waals surface area contributed by atoms with E-state index in [1.54, 1.807) is 19.1 Å². The highest BCUT2D eigenvalue weighted by atomic mass is 35.5. The summed E-state index contributed by atoms with van der Waals surface area (Å²) in [4.78, 5) is 13.0. The first-order valence-electron chi connectivity index (χ1n) is 7.32. The molecule has 0 spiro atoms. The van der Waals surface area contributed by atoms with Crippen molar-refractivity contribution in [2.75, 3.05) is 6.54 Å². The zero-order chi connectivity index (χ0) is 15.4. The summed E-state index contributed by atoms with van der Waals surface area (Å²) in [5, 5.41) is 21.2. The maximum absolute atomic E-state index is 11.2. The van der Waals surface area contributed by atoms with Crippen molar-refractivity contribution >= 4 is 17.3 Å². The van der Waals surface area contributed by atoms with Gasteiger partial charge in [-0.15, -0.1) is 0 Å². The SMILES string of the molecule is CC(O)CC1CCCCN1Cc1ccc(Cl)cc1[N+](=O)[O-]. The van der Waals surface area contributed by atoms with Gasteiger partial charge in [-0.05, 0) is 44.9 Å². The number of piperidine rings is 1. The summed E-state index contributed by atoms with van der Waals surface area (Å²) in [5.74, 6) is 0. The molecule has 0 radical (unpaired) electrons. The second-order valence-electron chi connectivity index (χ2n) is 5.73. The molecule has 2 rings (SSSR count). The Balaban J connectivity index is 2.17. The van der Waals surface area contributed by atoms with E-state index in [9.17, 15) is 15.2 Å². The van der Waals surface area contributed by atoms with E-state index in [0.717, 1.165) is 25.8 Å². The van der Waals surface area contributed by atoms with Crippen LogP contribution in [0.15, 0.2) is 18.2 Å². The highest BCUT2D eigenvalue weighted by molar-refractivity contribution is 6.30. The molecule has 116 valence electrons. The predicted molar refractivity (Wildman–Crippen MR) is 82.5 cm³/mol. The van der Waals surface area contributed by atoms with Gasteiger partial charge >= 0.3 is 0 Å². The molecule has 2 unspecified atom stereocenters. The Morgan fingerprint density at radius 1 is 1.52 bits per heavy atom. The smallest absolute Gasteiger partial charge is 0.275 e. The molecular formula is C15H21ClN2O3. The summed E-state index contributed by atoms with van der Waals surface area (Å²) in [6.45, 7) is 3.24. The van der Waals surface area contributed by atoms with Crippen molar-refractivity contribution in [3.63, 3.8) is 0 Å². The molecule has 2 atom stereocenters. The molecule has 1 heterocycles. The van der Waals surface area contributed by atoms with Gasteiger partial charge in [-0.25, -0.2) is 0 Å². The number of nitrogens with zero attached hydrogens (tertiary/aromatic N) is 2. The molecule has 0 saturated carbocycles. The number of aliphatic hydroxyl groups excluding tert-OH is 1. The molecule has 1 aromatic carbocycles. The first-order valence-corrected chi connectivity index (χ1v) is 7.70. The zero-order valence-corrected chi connectivity index (χ0v) is 12.9. The van der Waals surface area contributed by atoms with Gasteiger partial charge in [0, 0.05) is 29.2 Å². The lowest BCUT2D eigenvalue weighted by molar-refractivity contribution is -0.385. The highest BCUT2D eigenvalue weighted by Gasteiger charge is 2.26. The lowest BCUT2D eigenvalue weighted by Gasteiger charge is -2.36. The number of nitro benzene ring substituents is 1. The van der Waals surface area contributed by atoms with Crippen LogP contribution in [0.3, 0.4) is 0 Å². The van der Waals surface area contributed by atoms with E-state index in [1.165, 1.54) is 6.07 Å². The van der Waals surface area contributed by atoms with E-state index < -0.39 is 0 Å². The van der Waals surface area contributed by atoms with Crippen LogP contribution >= 0.6 is 11.6 Å². The molecule has 0 bridgehead atoms. The Labute approximate surface area is 129 Å². The number of likely N-dealkylation sites (tertiary alicyclic amines) is 1. The maximum atomic E-state index is 11.2. The Hall–Kier alpha value is -1.17. The van der Waals surface area contributed by atoms with E-state index >= 15 is 0 Å². The molecular weight excluding hydrogens is 292 g/mol. The third-order valence-corrected chi connectivity index (χ3v) is 4.21. The number of halogens is 1. The highest BCUT2D eigenvalue weighted by Crippen LogP contribution is 2.28.